The Morgan fingerprint density at radius 3 is 2.35 bits per heavy atom. The molecule has 1 aromatic rings. The normalized spacial score (nSPS) is 14.7. The predicted molar refractivity (Wildman–Crippen MR) is 78.7 cm³/mol. The molecule has 0 unspecified atom stereocenters. The number of nitrogens with one attached hydrogen (secondary N) is 2. The highest BCUT2D eigenvalue weighted by atomic mass is 16.2. The number of hydrogen-bond acceptors (Lipinski definition) is 4. The molecule has 1 aliphatic rings. The molecule has 0 saturated carbocycles. The number of urea groups is 1. The molecule has 20 heavy (non-hydrogen) atoms. The van der Waals surface area contributed by atoms with E-state index in [2.05, 4.69) is 10.2 Å². The molecule has 0 radical (unpaired) electrons. The van der Waals surface area contributed by atoms with Gasteiger partial charge in [0.25, 0.3) is 0 Å². The first-order chi connectivity index (χ1) is 9.65. The van der Waals surface area contributed by atoms with Gasteiger partial charge in [-0.1, -0.05) is 0 Å². The second-order valence-electron chi connectivity index (χ2n) is 4.86. The molecule has 2 rings (SSSR count). The van der Waals surface area contributed by atoms with Gasteiger partial charge in [-0.25, -0.2) is 4.79 Å². The number of imide groups is 1. The smallest absolute Gasteiger partial charge is 0.318 e. The van der Waals surface area contributed by atoms with Crippen molar-refractivity contribution in [3.63, 3.8) is 0 Å². The minimum absolute atomic E-state index is 0.0198. The van der Waals surface area contributed by atoms with Gasteiger partial charge in [0, 0.05) is 24.5 Å². The minimum Gasteiger partial charge on any atom is -0.376 e. The topological polar surface area (TPSA) is 87.5 Å². The van der Waals surface area contributed by atoms with Crippen molar-refractivity contribution in [1.82, 2.24) is 5.32 Å². The van der Waals surface area contributed by atoms with E-state index in [0.717, 1.165) is 18.8 Å². The van der Waals surface area contributed by atoms with E-state index >= 15 is 0 Å². The zero-order valence-electron chi connectivity index (χ0n) is 11.4. The van der Waals surface area contributed by atoms with Crippen LogP contribution in [-0.2, 0) is 4.79 Å². The summed E-state index contributed by atoms with van der Waals surface area (Å²) in [5, 5.41) is 4.95. The molecule has 0 spiro atoms. The van der Waals surface area contributed by atoms with Gasteiger partial charge >= 0.3 is 6.03 Å². The van der Waals surface area contributed by atoms with E-state index in [0.29, 0.717) is 0 Å². The zero-order valence-corrected chi connectivity index (χ0v) is 11.4. The van der Waals surface area contributed by atoms with Crippen LogP contribution in [0.15, 0.2) is 24.3 Å². The van der Waals surface area contributed by atoms with Crippen LogP contribution in [0.3, 0.4) is 0 Å². The molecule has 1 heterocycles. The molecule has 4 N–H and O–H groups in total. The molecule has 1 aromatic carbocycles. The first-order valence-electron chi connectivity index (χ1n) is 6.83. The molecule has 1 fully saturated rings. The van der Waals surface area contributed by atoms with Crippen LogP contribution in [0, 0.1) is 0 Å². The van der Waals surface area contributed by atoms with Gasteiger partial charge in [-0.2, -0.15) is 0 Å². The Morgan fingerprint density at radius 1 is 1.10 bits per heavy atom. The van der Waals surface area contributed by atoms with E-state index in [1.165, 1.54) is 24.9 Å². The van der Waals surface area contributed by atoms with Gasteiger partial charge in [0.1, 0.15) is 0 Å². The fourth-order valence-corrected chi connectivity index (χ4v) is 2.31. The van der Waals surface area contributed by atoms with Crippen LogP contribution >= 0.6 is 0 Å². The van der Waals surface area contributed by atoms with Crippen molar-refractivity contribution in [3.8, 4) is 0 Å². The fourth-order valence-electron chi connectivity index (χ4n) is 2.31. The first kappa shape index (κ1) is 14.2. The second-order valence-corrected chi connectivity index (χ2v) is 4.86. The van der Waals surface area contributed by atoms with Crippen LogP contribution in [-0.4, -0.2) is 31.6 Å². The monoisotopic (exact) mass is 276 g/mol. The number of primary amides is 1. The number of piperidine rings is 1. The molecule has 108 valence electrons. The van der Waals surface area contributed by atoms with E-state index in [1.807, 2.05) is 29.6 Å². The molecule has 6 heteroatoms. The highest BCUT2D eigenvalue weighted by Crippen LogP contribution is 2.21. The van der Waals surface area contributed by atoms with Crippen LogP contribution < -0.4 is 21.3 Å². The third-order valence-electron chi connectivity index (χ3n) is 3.30. The number of rotatable bonds is 4. The highest BCUT2D eigenvalue weighted by Gasteiger charge is 2.10. The summed E-state index contributed by atoms with van der Waals surface area (Å²) in [6.45, 7) is 2.23. The van der Waals surface area contributed by atoms with E-state index in [9.17, 15) is 9.59 Å². The number of hydrogen-bond donors (Lipinski definition) is 3. The van der Waals surface area contributed by atoms with E-state index < -0.39 is 11.9 Å². The van der Waals surface area contributed by atoms with Crippen LogP contribution in [0.5, 0.6) is 0 Å². The van der Waals surface area contributed by atoms with Crippen molar-refractivity contribution in [2.24, 2.45) is 5.73 Å². The summed E-state index contributed by atoms with van der Waals surface area (Å²) >= 11 is 0. The molecule has 0 aromatic heterocycles. The van der Waals surface area contributed by atoms with Gasteiger partial charge in [-0.15, -0.1) is 0 Å². The Labute approximate surface area is 118 Å². The number of benzene rings is 1. The Bertz CT molecular complexity index is 467. The van der Waals surface area contributed by atoms with Crippen LogP contribution in [0.2, 0.25) is 0 Å². The summed E-state index contributed by atoms with van der Waals surface area (Å²) in [4.78, 5) is 24.1. The summed E-state index contributed by atoms with van der Waals surface area (Å²) < 4.78 is 0. The zero-order chi connectivity index (χ0) is 14.4. The van der Waals surface area contributed by atoms with Crippen molar-refractivity contribution in [1.29, 1.82) is 0 Å². The maximum absolute atomic E-state index is 11.3. The lowest BCUT2D eigenvalue weighted by Crippen LogP contribution is -2.38. The summed E-state index contributed by atoms with van der Waals surface area (Å²) in [6, 6.07) is 7.11. The third-order valence-corrected chi connectivity index (χ3v) is 3.30. The van der Waals surface area contributed by atoms with Crippen LogP contribution in [0.4, 0.5) is 16.2 Å². The summed E-state index contributed by atoms with van der Waals surface area (Å²) in [5.74, 6) is -0.447. The molecule has 0 bridgehead atoms. The minimum atomic E-state index is -0.836. The lowest BCUT2D eigenvalue weighted by Gasteiger charge is -2.28. The van der Waals surface area contributed by atoms with E-state index in [1.54, 1.807) is 0 Å². The molecule has 1 aliphatic heterocycles. The molecule has 0 aliphatic carbocycles. The van der Waals surface area contributed by atoms with Gasteiger partial charge in [-0.05, 0) is 43.5 Å². The first-order valence-corrected chi connectivity index (χ1v) is 6.83. The molecule has 6 nitrogen and oxygen atoms in total. The van der Waals surface area contributed by atoms with Gasteiger partial charge < -0.3 is 16.0 Å². The number of nitrogens with zero attached hydrogens (tertiary/aromatic N) is 1. The highest BCUT2D eigenvalue weighted by molar-refractivity contribution is 5.95. The van der Waals surface area contributed by atoms with Gasteiger partial charge in [0.05, 0.1) is 6.54 Å². The summed E-state index contributed by atoms with van der Waals surface area (Å²) in [7, 11) is 0. The Morgan fingerprint density at radius 2 is 1.75 bits per heavy atom. The van der Waals surface area contributed by atoms with Crippen LogP contribution in [0.25, 0.3) is 0 Å². The standard InChI is InChI=1S/C14H20N4O2/c15-14(20)17-13(19)10-16-11-4-6-12(7-5-11)18-8-2-1-3-9-18/h4-7,16H,1-3,8-10H2,(H3,15,17,19,20). The largest absolute Gasteiger partial charge is 0.376 e. The van der Waals surface area contributed by atoms with E-state index in [4.69, 9.17) is 5.73 Å². The fraction of sp³-hybridized carbons (Fsp3) is 0.429. The third kappa shape index (κ3) is 4.15. The van der Waals surface area contributed by atoms with Gasteiger partial charge in [0.15, 0.2) is 0 Å². The number of carbonyl (C=O) groups excluding carboxylic acids is 2. The lowest BCUT2D eigenvalue weighted by molar-refractivity contribution is -0.118. The Kier molecular flexibility index (Phi) is 4.81. The maximum Gasteiger partial charge on any atom is 0.318 e. The van der Waals surface area contributed by atoms with Crippen molar-refractivity contribution in [2.75, 3.05) is 29.9 Å². The average molecular weight is 276 g/mol. The van der Waals surface area contributed by atoms with Crippen molar-refractivity contribution in [2.45, 2.75) is 19.3 Å². The number of nitrogens with two attached hydrogens (primary N) is 1. The Balaban J connectivity index is 1.85. The second kappa shape index (κ2) is 6.79. The molecule has 0 atom stereocenters. The molecular weight excluding hydrogens is 256 g/mol. The number of carbonyl (C=O) groups is 2. The quantitative estimate of drug-likeness (QED) is 0.773. The predicted octanol–water partition coefficient (Wildman–Crippen LogP) is 1.28. The van der Waals surface area contributed by atoms with Crippen molar-refractivity contribution >= 4 is 23.3 Å². The molecular formula is C14H20N4O2. The maximum atomic E-state index is 11.3. The lowest BCUT2D eigenvalue weighted by atomic mass is 10.1. The number of amides is 3. The SMILES string of the molecule is NC(=O)NC(=O)CNc1ccc(N2CCCCC2)cc1. The van der Waals surface area contributed by atoms with Gasteiger partial charge in [-0.3, -0.25) is 10.1 Å². The van der Waals surface area contributed by atoms with Crippen molar-refractivity contribution < 1.29 is 9.59 Å². The average Bonchev–Trinajstić information content (AvgIpc) is 2.46. The van der Waals surface area contributed by atoms with Gasteiger partial charge in [0.2, 0.25) is 5.91 Å². The summed E-state index contributed by atoms with van der Waals surface area (Å²) in [6.07, 6.45) is 3.80. The van der Waals surface area contributed by atoms with Crippen LogP contribution in [0.1, 0.15) is 19.3 Å². The summed E-state index contributed by atoms with van der Waals surface area (Å²) in [5.41, 5.74) is 6.90. The number of anilines is 2. The Hall–Kier alpha value is -2.24. The molecule has 1 saturated heterocycles. The van der Waals surface area contributed by atoms with E-state index in [-0.39, 0.29) is 6.54 Å². The van der Waals surface area contributed by atoms with Crippen molar-refractivity contribution in [3.05, 3.63) is 24.3 Å². The molecule has 3 amide bonds.